The standard InChI is InChI=1S/C14H23N3O3/c1-4-10(2)14(18)9-16-8-11-5-6-12(15-3)13(7-11)17(19)20/h5-7,10,14-16,18H,4,8-9H2,1-3H3. The van der Waals surface area contributed by atoms with Crippen LogP contribution in [0, 0.1) is 16.0 Å². The zero-order valence-electron chi connectivity index (χ0n) is 12.2. The first-order chi connectivity index (χ1) is 9.49. The summed E-state index contributed by atoms with van der Waals surface area (Å²) in [6.45, 7) is 5.02. The summed E-state index contributed by atoms with van der Waals surface area (Å²) >= 11 is 0. The van der Waals surface area contributed by atoms with Gasteiger partial charge in [-0.05, 0) is 17.5 Å². The summed E-state index contributed by atoms with van der Waals surface area (Å²) in [7, 11) is 1.66. The molecule has 0 aliphatic rings. The Bertz CT molecular complexity index is 451. The van der Waals surface area contributed by atoms with Crippen LogP contribution in [-0.4, -0.2) is 29.7 Å². The minimum Gasteiger partial charge on any atom is -0.392 e. The van der Waals surface area contributed by atoms with E-state index >= 15 is 0 Å². The number of aliphatic hydroxyl groups excluding tert-OH is 1. The monoisotopic (exact) mass is 281 g/mol. The maximum atomic E-state index is 10.9. The molecule has 0 spiro atoms. The summed E-state index contributed by atoms with van der Waals surface area (Å²) in [5.41, 5.74) is 1.39. The Morgan fingerprint density at radius 1 is 1.45 bits per heavy atom. The van der Waals surface area contributed by atoms with Gasteiger partial charge < -0.3 is 15.7 Å². The molecular weight excluding hydrogens is 258 g/mol. The van der Waals surface area contributed by atoms with Crippen LogP contribution in [-0.2, 0) is 6.54 Å². The van der Waals surface area contributed by atoms with Crippen molar-refractivity contribution in [1.29, 1.82) is 0 Å². The summed E-state index contributed by atoms with van der Waals surface area (Å²) in [4.78, 5) is 10.5. The van der Waals surface area contributed by atoms with Crippen LogP contribution in [0.3, 0.4) is 0 Å². The second-order valence-corrected chi connectivity index (χ2v) is 4.94. The van der Waals surface area contributed by atoms with Crippen LogP contribution in [0.2, 0.25) is 0 Å². The van der Waals surface area contributed by atoms with E-state index in [1.54, 1.807) is 19.2 Å². The molecule has 2 atom stereocenters. The third kappa shape index (κ3) is 4.47. The van der Waals surface area contributed by atoms with Crippen LogP contribution < -0.4 is 10.6 Å². The Labute approximate surface area is 119 Å². The Morgan fingerprint density at radius 2 is 2.15 bits per heavy atom. The Morgan fingerprint density at radius 3 is 2.70 bits per heavy atom. The predicted octanol–water partition coefficient (Wildman–Crippen LogP) is 2.13. The van der Waals surface area contributed by atoms with Gasteiger partial charge in [0.15, 0.2) is 0 Å². The van der Waals surface area contributed by atoms with Crippen molar-refractivity contribution in [2.45, 2.75) is 32.9 Å². The average molecular weight is 281 g/mol. The fraction of sp³-hybridized carbons (Fsp3) is 0.571. The fourth-order valence-electron chi connectivity index (χ4n) is 1.89. The van der Waals surface area contributed by atoms with Gasteiger partial charge >= 0.3 is 0 Å². The quantitative estimate of drug-likeness (QED) is 0.502. The third-order valence-corrected chi connectivity index (χ3v) is 3.51. The van der Waals surface area contributed by atoms with Gasteiger partial charge in [0.2, 0.25) is 0 Å². The first kappa shape index (κ1) is 16.4. The van der Waals surface area contributed by atoms with Crippen LogP contribution >= 0.6 is 0 Å². The highest BCUT2D eigenvalue weighted by molar-refractivity contribution is 5.62. The van der Waals surface area contributed by atoms with Gasteiger partial charge in [0.1, 0.15) is 5.69 Å². The molecule has 1 aromatic carbocycles. The molecule has 2 unspecified atom stereocenters. The van der Waals surface area contributed by atoms with E-state index in [2.05, 4.69) is 10.6 Å². The van der Waals surface area contributed by atoms with E-state index < -0.39 is 11.0 Å². The van der Waals surface area contributed by atoms with Gasteiger partial charge in [-0.15, -0.1) is 0 Å². The third-order valence-electron chi connectivity index (χ3n) is 3.51. The van der Waals surface area contributed by atoms with Crippen molar-refractivity contribution < 1.29 is 10.0 Å². The second-order valence-electron chi connectivity index (χ2n) is 4.94. The van der Waals surface area contributed by atoms with Gasteiger partial charge in [-0.2, -0.15) is 0 Å². The lowest BCUT2D eigenvalue weighted by Gasteiger charge is -2.17. The molecule has 0 fully saturated rings. The number of benzene rings is 1. The first-order valence-electron chi connectivity index (χ1n) is 6.83. The Hall–Kier alpha value is -1.66. The number of anilines is 1. The summed E-state index contributed by atoms with van der Waals surface area (Å²) in [6, 6.07) is 5.08. The molecule has 0 aromatic heterocycles. The van der Waals surface area contributed by atoms with E-state index in [9.17, 15) is 15.2 Å². The SMILES string of the molecule is CCC(C)C(O)CNCc1ccc(NC)c([N+](=O)[O-])c1. The zero-order chi connectivity index (χ0) is 15.1. The number of nitro benzene ring substituents is 1. The number of nitrogens with one attached hydrogen (secondary N) is 2. The minimum atomic E-state index is -0.399. The topological polar surface area (TPSA) is 87.4 Å². The molecule has 0 radical (unpaired) electrons. The van der Waals surface area contributed by atoms with Crippen LogP contribution in [0.1, 0.15) is 25.8 Å². The Balaban J connectivity index is 2.61. The van der Waals surface area contributed by atoms with Crippen molar-refractivity contribution >= 4 is 11.4 Å². The lowest BCUT2D eigenvalue weighted by atomic mass is 10.0. The molecule has 3 N–H and O–H groups in total. The van der Waals surface area contributed by atoms with Crippen LogP contribution in [0.25, 0.3) is 0 Å². The smallest absolute Gasteiger partial charge is 0.292 e. The number of hydrogen-bond donors (Lipinski definition) is 3. The van der Waals surface area contributed by atoms with E-state index in [4.69, 9.17) is 0 Å². The van der Waals surface area contributed by atoms with Crippen LogP contribution in [0.15, 0.2) is 18.2 Å². The largest absolute Gasteiger partial charge is 0.392 e. The predicted molar refractivity (Wildman–Crippen MR) is 79.8 cm³/mol. The fourth-order valence-corrected chi connectivity index (χ4v) is 1.89. The van der Waals surface area contributed by atoms with Crippen molar-refractivity contribution in [1.82, 2.24) is 5.32 Å². The molecular formula is C14H23N3O3. The summed E-state index contributed by atoms with van der Waals surface area (Å²) < 4.78 is 0. The van der Waals surface area contributed by atoms with E-state index in [1.807, 2.05) is 19.9 Å². The van der Waals surface area contributed by atoms with E-state index in [-0.39, 0.29) is 11.6 Å². The molecule has 6 heteroatoms. The lowest BCUT2D eigenvalue weighted by molar-refractivity contribution is -0.384. The molecule has 6 nitrogen and oxygen atoms in total. The van der Waals surface area contributed by atoms with Gasteiger partial charge in [0, 0.05) is 26.2 Å². The highest BCUT2D eigenvalue weighted by Crippen LogP contribution is 2.24. The number of hydrogen-bond acceptors (Lipinski definition) is 5. The average Bonchev–Trinajstić information content (AvgIpc) is 2.45. The number of rotatable bonds is 8. The van der Waals surface area contributed by atoms with Gasteiger partial charge in [0.25, 0.3) is 5.69 Å². The molecule has 20 heavy (non-hydrogen) atoms. The van der Waals surface area contributed by atoms with Crippen molar-refractivity contribution in [3.63, 3.8) is 0 Å². The molecule has 0 bridgehead atoms. The summed E-state index contributed by atoms with van der Waals surface area (Å²) in [5.74, 6) is 0.239. The van der Waals surface area contributed by atoms with Gasteiger partial charge in [-0.1, -0.05) is 26.3 Å². The van der Waals surface area contributed by atoms with Crippen molar-refractivity contribution in [2.24, 2.45) is 5.92 Å². The number of nitro groups is 1. The van der Waals surface area contributed by atoms with Gasteiger partial charge in [0.05, 0.1) is 11.0 Å². The molecule has 1 rings (SSSR count). The van der Waals surface area contributed by atoms with E-state index in [1.165, 1.54) is 0 Å². The number of aliphatic hydroxyl groups is 1. The minimum absolute atomic E-state index is 0.0641. The highest BCUT2D eigenvalue weighted by atomic mass is 16.6. The molecule has 0 saturated heterocycles. The molecule has 0 saturated carbocycles. The van der Waals surface area contributed by atoms with Crippen molar-refractivity contribution in [2.75, 3.05) is 18.9 Å². The molecule has 0 heterocycles. The van der Waals surface area contributed by atoms with Gasteiger partial charge in [-0.3, -0.25) is 10.1 Å². The van der Waals surface area contributed by atoms with E-state index in [0.717, 1.165) is 12.0 Å². The Kier molecular flexibility index (Phi) is 6.41. The molecule has 0 amide bonds. The van der Waals surface area contributed by atoms with Crippen molar-refractivity contribution in [3.8, 4) is 0 Å². The van der Waals surface area contributed by atoms with Crippen LogP contribution in [0.5, 0.6) is 0 Å². The first-order valence-corrected chi connectivity index (χ1v) is 6.83. The summed E-state index contributed by atoms with van der Waals surface area (Å²) in [6.07, 6.45) is 0.525. The van der Waals surface area contributed by atoms with Gasteiger partial charge in [-0.25, -0.2) is 0 Å². The normalized spacial score (nSPS) is 13.8. The number of nitrogens with zero attached hydrogens (tertiary/aromatic N) is 1. The lowest BCUT2D eigenvalue weighted by Crippen LogP contribution is -2.31. The van der Waals surface area contributed by atoms with Crippen LogP contribution in [0.4, 0.5) is 11.4 Å². The maximum absolute atomic E-state index is 10.9. The van der Waals surface area contributed by atoms with Crippen molar-refractivity contribution in [3.05, 3.63) is 33.9 Å². The molecule has 0 aliphatic heterocycles. The molecule has 1 aromatic rings. The molecule has 112 valence electrons. The highest BCUT2D eigenvalue weighted by Gasteiger charge is 2.14. The maximum Gasteiger partial charge on any atom is 0.292 e. The summed E-state index contributed by atoms with van der Waals surface area (Å²) in [5, 5.41) is 26.7. The van der Waals surface area contributed by atoms with E-state index in [0.29, 0.717) is 18.8 Å². The molecule has 0 aliphatic carbocycles. The second kappa shape index (κ2) is 7.81. The zero-order valence-corrected chi connectivity index (χ0v) is 12.2.